The van der Waals surface area contributed by atoms with Crippen molar-refractivity contribution in [2.75, 3.05) is 0 Å². The first-order chi connectivity index (χ1) is 9.38. The molecular weight excluding hydrogens is 445 g/mol. The fourth-order valence-corrected chi connectivity index (χ4v) is 0.859. The van der Waals surface area contributed by atoms with Crippen LogP contribution in [0.15, 0.2) is 0 Å². The summed E-state index contributed by atoms with van der Waals surface area (Å²) in [6.07, 6.45) is 3.17. The number of Topliss-reactive ketones (excluding diaryl/α,β-unsaturated/α-hetero) is 6. The summed E-state index contributed by atoms with van der Waals surface area (Å²) in [5, 5.41) is 0. The molecule has 0 saturated heterocycles. The molecular formula is C15H21O6Tm. The fourth-order valence-electron chi connectivity index (χ4n) is 0.859. The average Bonchev–Trinajstić information content (AvgIpc) is 2.10. The predicted octanol–water partition coefficient (Wildman–Crippen LogP) is 1.11. The molecule has 0 N–H and O–H groups in total. The van der Waals surface area contributed by atoms with E-state index in [4.69, 9.17) is 0 Å². The summed E-state index contributed by atoms with van der Waals surface area (Å²) in [6, 6.07) is 0. The molecule has 0 atom stereocenters. The van der Waals surface area contributed by atoms with E-state index in [9.17, 15) is 28.8 Å². The molecule has 0 aliphatic heterocycles. The van der Waals surface area contributed by atoms with Gasteiger partial charge in [0, 0.05) is 34.7 Å². The van der Waals surface area contributed by atoms with E-state index >= 15 is 0 Å². The van der Waals surface area contributed by atoms with Crippen LogP contribution in [-0.4, -0.2) is 34.7 Å². The van der Waals surface area contributed by atoms with E-state index in [1.807, 2.05) is 0 Å². The molecule has 0 aliphatic carbocycles. The van der Waals surface area contributed by atoms with Gasteiger partial charge in [0.1, 0.15) is 0 Å². The topological polar surface area (TPSA) is 102 Å². The molecule has 7 heteroatoms. The molecule has 0 heterocycles. The normalized spacial score (nSPS) is 7.36. The van der Waals surface area contributed by atoms with Gasteiger partial charge in [-0.15, -0.1) is 0 Å². The predicted molar refractivity (Wildman–Crippen MR) is 77.0 cm³/mol. The van der Waals surface area contributed by atoms with Gasteiger partial charge in [0.05, 0.1) is 0 Å². The number of ketones is 6. The maximum absolute atomic E-state index is 9.98. The second kappa shape index (κ2) is 17.9. The smallest absolute Gasteiger partial charge is 0.334 e. The Morgan fingerprint density at radius 1 is 0.409 bits per heavy atom. The summed E-state index contributed by atoms with van der Waals surface area (Å²) < 4.78 is 0. The number of hydrogen-bond acceptors (Lipinski definition) is 6. The zero-order chi connectivity index (χ0) is 17.6. The minimum absolute atomic E-state index is 0. The van der Waals surface area contributed by atoms with Crippen LogP contribution >= 0.6 is 0 Å². The van der Waals surface area contributed by atoms with Crippen LogP contribution in [0.4, 0.5) is 0 Å². The van der Waals surface area contributed by atoms with Crippen molar-refractivity contribution >= 4 is 34.7 Å². The van der Waals surface area contributed by atoms with Gasteiger partial charge in [-0.05, 0) is 41.5 Å². The van der Waals surface area contributed by atoms with Crippen LogP contribution in [0.25, 0.3) is 0 Å². The van der Waals surface area contributed by atoms with Crippen molar-refractivity contribution in [3.63, 3.8) is 0 Å². The van der Waals surface area contributed by atoms with Crippen LogP contribution in [0.1, 0.15) is 41.5 Å². The Morgan fingerprint density at radius 2 is 0.500 bits per heavy atom. The Balaban J connectivity index is -0.000000108. The third-order valence-corrected chi connectivity index (χ3v) is 1.22. The van der Waals surface area contributed by atoms with Crippen molar-refractivity contribution in [3.8, 4) is 0 Å². The van der Waals surface area contributed by atoms with E-state index < -0.39 is 0 Å². The molecule has 0 saturated carbocycles. The van der Waals surface area contributed by atoms with Gasteiger partial charge in [-0.3, -0.25) is 19.3 Å². The van der Waals surface area contributed by atoms with E-state index in [-0.39, 0.29) is 71.6 Å². The van der Waals surface area contributed by atoms with Crippen molar-refractivity contribution < 1.29 is 65.6 Å². The first kappa shape index (κ1) is 28.9. The van der Waals surface area contributed by atoms with Crippen LogP contribution < -0.4 is 0 Å². The number of rotatable bonds is 6. The molecule has 0 amide bonds. The monoisotopic (exact) mass is 466 g/mol. The van der Waals surface area contributed by atoms with Gasteiger partial charge in [0.15, 0.2) is 0 Å². The van der Waals surface area contributed by atoms with E-state index in [2.05, 4.69) is 0 Å². The second-order valence-electron chi connectivity index (χ2n) is 4.10. The van der Waals surface area contributed by atoms with Crippen LogP contribution in [0.2, 0.25) is 0 Å². The van der Waals surface area contributed by atoms with Crippen LogP contribution in [0.3, 0.4) is 0 Å². The van der Waals surface area contributed by atoms with Gasteiger partial charge in [-0.2, -0.15) is 0 Å². The third kappa shape index (κ3) is 51.0. The molecule has 0 spiro atoms. The maximum atomic E-state index is 9.98. The van der Waals surface area contributed by atoms with E-state index in [1.54, 1.807) is 0 Å². The van der Waals surface area contributed by atoms with Gasteiger partial charge in [-0.25, -0.2) is 0 Å². The standard InChI is InChI=1S/3C5H7O2.Tm/c3*1-4(6)3-5(2)7;/h3*3H,1-2H3;/q3*-1;+3. The summed E-state index contributed by atoms with van der Waals surface area (Å²) in [7, 11) is 0. The SMILES string of the molecule is CC(=O)[CH-]C(C)=O.CC(=O)[CH-]C(C)=O.CC(=O)[CH-]C(C)=O.[Tm+3]. The van der Waals surface area contributed by atoms with E-state index in [0.29, 0.717) is 0 Å². The Labute approximate surface area is 160 Å². The van der Waals surface area contributed by atoms with Crippen molar-refractivity contribution in [1.82, 2.24) is 0 Å². The summed E-state index contributed by atoms with van der Waals surface area (Å²) in [5.41, 5.74) is 0. The van der Waals surface area contributed by atoms with Crippen LogP contribution in [0.5, 0.6) is 0 Å². The Kier molecular flexibility index (Phi) is 23.6. The molecule has 0 aliphatic rings. The molecule has 0 rings (SSSR count). The molecule has 22 heavy (non-hydrogen) atoms. The maximum Gasteiger partial charge on any atom is 3.00 e. The summed E-state index contributed by atoms with van der Waals surface area (Å²) >= 11 is 0. The van der Waals surface area contributed by atoms with Crippen molar-refractivity contribution in [2.45, 2.75) is 41.5 Å². The van der Waals surface area contributed by atoms with Crippen molar-refractivity contribution in [1.29, 1.82) is 0 Å². The van der Waals surface area contributed by atoms with E-state index in [0.717, 1.165) is 19.3 Å². The second-order valence-corrected chi connectivity index (χ2v) is 4.10. The molecule has 0 aromatic rings. The molecule has 0 bridgehead atoms. The molecule has 130 valence electrons. The van der Waals surface area contributed by atoms with Crippen LogP contribution in [0, 0.1) is 56.1 Å². The van der Waals surface area contributed by atoms with Gasteiger partial charge in [0.2, 0.25) is 0 Å². The third-order valence-electron chi connectivity index (χ3n) is 1.22. The van der Waals surface area contributed by atoms with Crippen molar-refractivity contribution in [2.24, 2.45) is 0 Å². The number of hydrogen-bond donors (Lipinski definition) is 0. The first-order valence-corrected chi connectivity index (χ1v) is 5.96. The summed E-state index contributed by atoms with van der Waals surface area (Å²) in [4.78, 5) is 59.9. The Morgan fingerprint density at radius 3 is 0.500 bits per heavy atom. The van der Waals surface area contributed by atoms with Crippen LogP contribution in [-0.2, 0) is 28.8 Å². The minimum Gasteiger partial charge on any atom is -0.334 e. The first-order valence-electron chi connectivity index (χ1n) is 5.96. The van der Waals surface area contributed by atoms with Gasteiger partial charge in [0.25, 0.3) is 0 Å². The number of carbonyl (C=O) groups is 6. The zero-order valence-corrected chi connectivity index (χ0v) is 15.2. The average molecular weight is 466 g/mol. The van der Waals surface area contributed by atoms with Gasteiger partial charge >= 0.3 is 36.9 Å². The molecule has 0 unspecified atom stereocenters. The Hall–Kier alpha value is -1.14. The molecule has 0 aromatic heterocycles. The Bertz CT molecular complexity index is 314. The molecule has 6 nitrogen and oxygen atoms in total. The minimum atomic E-state index is -0.187. The molecule has 0 fully saturated rings. The number of carbonyl (C=O) groups excluding carboxylic acids is 6. The largest absolute Gasteiger partial charge is 3.00 e. The van der Waals surface area contributed by atoms with E-state index in [1.165, 1.54) is 41.5 Å². The zero-order valence-electron chi connectivity index (χ0n) is 13.5. The van der Waals surface area contributed by atoms with Gasteiger partial charge < -0.3 is 28.8 Å². The quantitative estimate of drug-likeness (QED) is 0.429. The summed E-state index contributed by atoms with van der Waals surface area (Å²) in [5.74, 6) is -1.12. The fraction of sp³-hybridized carbons (Fsp3) is 0.400. The summed E-state index contributed by atoms with van der Waals surface area (Å²) in [6.45, 7) is 8.09. The van der Waals surface area contributed by atoms with Crippen molar-refractivity contribution in [3.05, 3.63) is 19.3 Å². The molecule has 0 aromatic carbocycles. The molecule has 0 radical (unpaired) electrons. The van der Waals surface area contributed by atoms with Gasteiger partial charge in [-0.1, -0.05) is 0 Å².